The zero-order valence-electron chi connectivity index (χ0n) is 18.2. The van der Waals surface area contributed by atoms with Crippen molar-refractivity contribution in [2.24, 2.45) is 5.92 Å². The molecule has 0 radical (unpaired) electrons. The van der Waals surface area contributed by atoms with E-state index in [0.717, 1.165) is 17.2 Å². The summed E-state index contributed by atoms with van der Waals surface area (Å²) in [4.78, 5) is 23.5. The second-order valence-electron chi connectivity index (χ2n) is 8.20. The lowest BCUT2D eigenvalue weighted by Crippen LogP contribution is -2.38. The number of carboxylic acids is 1. The number of hydrogen-bond donors (Lipinski definition) is 1. The standard InChI is InChI=1S/C24H19F2N3O5/c1-11-6-13(7-12(2)20(11)32-15-8-14(9-15)23(30)31)21-28-17-10-27-24(29-22(17)34-21)33-18-5-3-4-16(25)19(18)26/h3-7,10,14-15H,8-9H2,1-2H3,(H,30,31). The van der Waals surface area contributed by atoms with E-state index in [0.29, 0.717) is 35.6 Å². The molecule has 0 aliphatic heterocycles. The predicted octanol–water partition coefficient (Wildman–Crippen LogP) is 5.21. The summed E-state index contributed by atoms with van der Waals surface area (Å²) in [5.41, 5.74) is 2.89. The fourth-order valence-corrected chi connectivity index (χ4v) is 3.84. The Kier molecular flexibility index (Phi) is 5.35. The van der Waals surface area contributed by atoms with Gasteiger partial charge in [-0.1, -0.05) is 6.07 Å². The maximum atomic E-state index is 13.9. The molecule has 0 unspecified atom stereocenters. The van der Waals surface area contributed by atoms with Crippen molar-refractivity contribution in [3.05, 3.63) is 59.3 Å². The summed E-state index contributed by atoms with van der Waals surface area (Å²) in [5, 5.41) is 9.04. The Hall–Kier alpha value is -4.08. The molecule has 0 bridgehead atoms. The zero-order valence-corrected chi connectivity index (χ0v) is 18.2. The Morgan fingerprint density at radius 1 is 1.15 bits per heavy atom. The van der Waals surface area contributed by atoms with Crippen molar-refractivity contribution in [1.29, 1.82) is 0 Å². The van der Waals surface area contributed by atoms with Crippen LogP contribution >= 0.6 is 0 Å². The lowest BCUT2D eigenvalue weighted by atomic mass is 9.82. The van der Waals surface area contributed by atoms with Gasteiger partial charge in [0, 0.05) is 5.56 Å². The van der Waals surface area contributed by atoms with E-state index in [2.05, 4.69) is 15.0 Å². The summed E-state index contributed by atoms with van der Waals surface area (Å²) in [7, 11) is 0. The van der Waals surface area contributed by atoms with E-state index in [4.69, 9.17) is 19.0 Å². The number of hydrogen-bond acceptors (Lipinski definition) is 7. The van der Waals surface area contributed by atoms with Gasteiger partial charge in [-0.15, -0.1) is 0 Å². The number of aromatic nitrogens is 3. The maximum absolute atomic E-state index is 13.9. The first kappa shape index (κ1) is 21.7. The average Bonchev–Trinajstić information content (AvgIpc) is 3.18. The number of carboxylic acid groups (broad SMARTS) is 1. The average molecular weight is 467 g/mol. The van der Waals surface area contributed by atoms with E-state index in [-0.39, 0.29) is 29.5 Å². The SMILES string of the molecule is Cc1cc(-c2nc3cnc(Oc4cccc(F)c4F)nc3o2)cc(C)c1OC1CC(C(=O)O)C1. The Morgan fingerprint density at radius 2 is 1.88 bits per heavy atom. The highest BCUT2D eigenvalue weighted by molar-refractivity contribution is 5.73. The summed E-state index contributed by atoms with van der Waals surface area (Å²) < 4.78 is 44.3. The van der Waals surface area contributed by atoms with Crippen LogP contribution in [0.3, 0.4) is 0 Å². The first-order valence-electron chi connectivity index (χ1n) is 10.5. The predicted molar refractivity (Wildman–Crippen MR) is 116 cm³/mol. The molecule has 34 heavy (non-hydrogen) atoms. The lowest BCUT2D eigenvalue weighted by molar-refractivity contribution is -0.147. The number of aryl methyl sites for hydroxylation is 2. The first-order chi connectivity index (χ1) is 16.3. The monoisotopic (exact) mass is 467 g/mol. The zero-order chi connectivity index (χ0) is 24.0. The summed E-state index contributed by atoms with van der Waals surface area (Å²) in [6.07, 6.45) is 2.23. The van der Waals surface area contributed by atoms with Crippen LogP contribution in [0.1, 0.15) is 24.0 Å². The van der Waals surface area contributed by atoms with E-state index < -0.39 is 17.6 Å². The molecule has 2 aromatic carbocycles. The molecule has 2 aromatic heterocycles. The molecular formula is C24H19F2N3O5. The molecule has 174 valence electrons. The van der Waals surface area contributed by atoms with Crippen molar-refractivity contribution < 1.29 is 32.6 Å². The maximum Gasteiger partial charge on any atom is 0.325 e. The number of halogens is 2. The minimum Gasteiger partial charge on any atom is -0.490 e. The van der Waals surface area contributed by atoms with Gasteiger partial charge in [-0.05, 0) is 62.1 Å². The molecule has 10 heteroatoms. The van der Waals surface area contributed by atoms with Crippen LogP contribution in [-0.4, -0.2) is 32.1 Å². The van der Waals surface area contributed by atoms with Gasteiger partial charge in [-0.3, -0.25) is 4.79 Å². The molecule has 8 nitrogen and oxygen atoms in total. The van der Waals surface area contributed by atoms with Crippen molar-refractivity contribution >= 4 is 17.2 Å². The molecular weight excluding hydrogens is 448 g/mol. The minimum atomic E-state index is -1.14. The van der Waals surface area contributed by atoms with Crippen LogP contribution in [0.2, 0.25) is 0 Å². The largest absolute Gasteiger partial charge is 0.490 e. The van der Waals surface area contributed by atoms with Gasteiger partial charge < -0.3 is 19.0 Å². The Labute approximate surface area is 192 Å². The third kappa shape index (κ3) is 4.02. The number of rotatable bonds is 6. The van der Waals surface area contributed by atoms with E-state index in [1.165, 1.54) is 18.3 Å². The van der Waals surface area contributed by atoms with Crippen LogP contribution < -0.4 is 9.47 Å². The van der Waals surface area contributed by atoms with Gasteiger partial charge in [0.25, 0.3) is 5.71 Å². The number of fused-ring (bicyclic) bond motifs is 1. The summed E-state index contributed by atoms with van der Waals surface area (Å²) in [6.45, 7) is 3.78. The number of benzene rings is 2. The molecule has 0 spiro atoms. The quantitative estimate of drug-likeness (QED) is 0.412. The highest BCUT2D eigenvalue weighted by Gasteiger charge is 2.36. The summed E-state index contributed by atoms with van der Waals surface area (Å²) in [5.74, 6) is -2.67. The molecule has 0 saturated heterocycles. The van der Waals surface area contributed by atoms with E-state index in [1.54, 1.807) is 0 Å². The van der Waals surface area contributed by atoms with Crippen molar-refractivity contribution in [3.63, 3.8) is 0 Å². The van der Waals surface area contributed by atoms with Gasteiger partial charge in [-0.25, -0.2) is 14.4 Å². The first-order valence-corrected chi connectivity index (χ1v) is 10.5. The van der Waals surface area contributed by atoms with Crippen LogP contribution in [-0.2, 0) is 4.79 Å². The third-order valence-electron chi connectivity index (χ3n) is 5.68. The fourth-order valence-electron chi connectivity index (χ4n) is 3.84. The second kappa shape index (κ2) is 8.36. The van der Waals surface area contributed by atoms with Gasteiger partial charge in [0.1, 0.15) is 17.4 Å². The van der Waals surface area contributed by atoms with Crippen molar-refractivity contribution in [3.8, 4) is 29.0 Å². The van der Waals surface area contributed by atoms with Gasteiger partial charge in [0.05, 0.1) is 12.1 Å². The molecule has 1 aliphatic carbocycles. The Balaban J connectivity index is 1.37. The van der Waals surface area contributed by atoms with Crippen molar-refractivity contribution in [2.75, 3.05) is 0 Å². The molecule has 0 atom stereocenters. The third-order valence-corrected chi connectivity index (χ3v) is 5.68. The molecule has 1 aliphatic rings. The Bertz CT molecular complexity index is 1390. The number of carbonyl (C=O) groups is 1. The van der Waals surface area contributed by atoms with Crippen LogP contribution in [0.4, 0.5) is 8.78 Å². The van der Waals surface area contributed by atoms with E-state index in [1.807, 2.05) is 26.0 Å². The summed E-state index contributed by atoms with van der Waals surface area (Å²) >= 11 is 0. The van der Waals surface area contributed by atoms with Gasteiger partial charge >= 0.3 is 12.0 Å². The van der Waals surface area contributed by atoms with Crippen LogP contribution in [0.5, 0.6) is 17.5 Å². The van der Waals surface area contributed by atoms with Gasteiger partial charge in [-0.2, -0.15) is 9.37 Å². The number of oxazole rings is 1. The second-order valence-corrected chi connectivity index (χ2v) is 8.20. The minimum absolute atomic E-state index is 0.120. The molecule has 0 amide bonds. The highest BCUT2D eigenvalue weighted by Crippen LogP contribution is 2.36. The molecule has 4 aromatic rings. The molecule has 1 fully saturated rings. The summed E-state index contributed by atoms with van der Waals surface area (Å²) in [6, 6.07) is 7.05. The Morgan fingerprint density at radius 3 is 2.59 bits per heavy atom. The fraction of sp³-hybridized carbons (Fsp3) is 0.250. The topological polar surface area (TPSA) is 108 Å². The van der Waals surface area contributed by atoms with Crippen molar-refractivity contribution in [2.45, 2.75) is 32.8 Å². The van der Waals surface area contributed by atoms with Gasteiger partial charge in [0.2, 0.25) is 11.7 Å². The van der Waals surface area contributed by atoms with E-state index >= 15 is 0 Å². The molecule has 1 saturated carbocycles. The lowest BCUT2D eigenvalue weighted by Gasteiger charge is -2.33. The normalized spacial score (nSPS) is 17.4. The smallest absolute Gasteiger partial charge is 0.325 e. The highest BCUT2D eigenvalue weighted by atomic mass is 19.2. The van der Waals surface area contributed by atoms with E-state index in [9.17, 15) is 13.6 Å². The van der Waals surface area contributed by atoms with Crippen LogP contribution in [0.25, 0.3) is 22.7 Å². The number of nitrogens with zero attached hydrogens (tertiary/aromatic N) is 3. The van der Waals surface area contributed by atoms with Crippen LogP contribution in [0.15, 0.2) is 40.9 Å². The molecule has 1 N–H and O–H groups in total. The number of aliphatic carboxylic acids is 1. The molecule has 2 heterocycles. The van der Waals surface area contributed by atoms with Crippen LogP contribution in [0, 0.1) is 31.4 Å². The van der Waals surface area contributed by atoms with Gasteiger partial charge in [0.15, 0.2) is 11.6 Å². The number of ether oxygens (including phenoxy) is 2. The molecule has 5 rings (SSSR count). The van der Waals surface area contributed by atoms with Crippen molar-refractivity contribution in [1.82, 2.24) is 15.0 Å².